The van der Waals surface area contributed by atoms with Gasteiger partial charge in [0.15, 0.2) is 5.69 Å². The fourth-order valence-corrected chi connectivity index (χ4v) is 4.35. The normalized spacial score (nSPS) is 11.5. The third kappa shape index (κ3) is 3.89. The lowest BCUT2D eigenvalue weighted by atomic mass is 10.1. The number of azo groups is 1. The summed E-state index contributed by atoms with van der Waals surface area (Å²) in [6, 6.07) is 16.0. The number of H-pyrrole nitrogens is 1. The molecule has 6 nitrogen and oxygen atoms in total. The molecule has 7 heteroatoms. The maximum atomic E-state index is 12.9. The highest BCUT2D eigenvalue weighted by Crippen LogP contribution is 2.28. The van der Waals surface area contributed by atoms with Crippen LogP contribution < -0.4 is 5.56 Å². The van der Waals surface area contributed by atoms with Crippen LogP contribution in [-0.2, 0) is 6.54 Å². The molecule has 0 amide bonds. The van der Waals surface area contributed by atoms with E-state index in [-0.39, 0.29) is 5.56 Å². The third-order valence-corrected chi connectivity index (χ3v) is 5.93. The first-order chi connectivity index (χ1) is 14.4. The van der Waals surface area contributed by atoms with Crippen molar-refractivity contribution < 1.29 is 0 Å². The summed E-state index contributed by atoms with van der Waals surface area (Å²) in [6.07, 6.45) is 0. The van der Waals surface area contributed by atoms with Crippen LogP contribution in [0.2, 0.25) is 0 Å². The van der Waals surface area contributed by atoms with E-state index in [4.69, 9.17) is 4.98 Å². The van der Waals surface area contributed by atoms with E-state index in [1.807, 2.05) is 69.3 Å². The standard InChI is InChI=1S/C23H23N5OS/c1-14-9-8-10-15(2)20(14)25-26-21-16(3)27-28(23(21)29)13-19-24-22(17(4)30-19)18-11-6-5-7-12-18/h5-12,27H,13H2,1-4H3. The quantitative estimate of drug-likeness (QED) is 0.405. The zero-order valence-electron chi connectivity index (χ0n) is 17.4. The number of benzene rings is 2. The lowest BCUT2D eigenvalue weighted by molar-refractivity contribution is 0.655. The number of aryl methyl sites for hydroxylation is 4. The summed E-state index contributed by atoms with van der Waals surface area (Å²) in [5.74, 6) is 0. The average molecular weight is 418 g/mol. The van der Waals surface area contributed by atoms with Crippen LogP contribution in [0.25, 0.3) is 11.3 Å². The van der Waals surface area contributed by atoms with Gasteiger partial charge in [0, 0.05) is 10.4 Å². The van der Waals surface area contributed by atoms with Crippen molar-refractivity contribution in [1.82, 2.24) is 14.8 Å². The largest absolute Gasteiger partial charge is 0.297 e. The van der Waals surface area contributed by atoms with Gasteiger partial charge in [-0.15, -0.1) is 21.6 Å². The summed E-state index contributed by atoms with van der Waals surface area (Å²) in [5, 5.41) is 12.6. The monoisotopic (exact) mass is 417 g/mol. The highest BCUT2D eigenvalue weighted by Gasteiger charge is 2.15. The van der Waals surface area contributed by atoms with E-state index in [0.717, 1.165) is 38.0 Å². The number of nitrogens with one attached hydrogen (secondary N) is 1. The number of hydrogen-bond donors (Lipinski definition) is 1. The summed E-state index contributed by atoms with van der Waals surface area (Å²) >= 11 is 1.60. The first-order valence-electron chi connectivity index (χ1n) is 9.73. The number of nitrogens with zero attached hydrogens (tertiary/aromatic N) is 4. The summed E-state index contributed by atoms with van der Waals surface area (Å²) < 4.78 is 1.54. The Morgan fingerprint density at radius 2 is 1.60 bits per heavy atom. The molecule has 0 aliphatic heterocycles. The Hall–Kier alpha value is -3.32. The third-order valence-electron chi connectivity index (χ3n) is 4.98. The van der Waals surface area contributed by atoms with Crippen molar-refractivity contribution in [2.24, 2.45) is 10.2 Å². The van der Waals surface area contributed by atoms with Gasteiger partial charge in [0.1, 0.15) is 5.01 Å². The minimum Gasteiger partial charge on any atom is -0.297 e. The number of rotatable bonds is 5. The smallest absolute Gasteiger partial charge is 0.294 e. The molecule has 0 bridgehead atoms. The van der Waals surface area contributed by atoms with E-state index in [9.17, 15) is 4.79 Å². The van der Waals surface area contributed by atoms with Crippen LogP contribution in [-0.4, -0.2) is 14.8 Å². The fourth-order valence-electron chi connectivity index (χ4n) is 3.40. The minimum absolute atomic E-state index is 0.198. The zero-order chi connectivity index (χ0) is 21.3. The molecule has 30 heavy (non-hydrogen) atoms. The van der Waals surface area contributed by atoms with Gasteiger partial charge in [-0.3, -0.25) is 9.89 Å². The molecule has 152 valence electrons. The van der Waals surface area contributed by atoms with Crippen LogP contribution in [0.4, 0.5) is 11.4 Å². The zero-order valence-corrected chi connectivity index (χ0v) is 18.2. The number of thiazole rings is 1. The van der Waals surface area contributed by atoms with Gasteiger partial charge in [-0.05, 0) is 38.8 Å². The molecule has 0 saturated heterocycles. The lowest BCUT2D eigenvalue weighted by Crippen LogP contribution is -2.17. The van der Waals surface area contributed by atoms with Crippen LogP contribution in [0, 0.1) is 27.7 Å². The fraction of sp³-hybridized carbons (Fsp3) is 0.217. The number of aromatic nitrogens is 3. The van der Waals surface area contributed by atoms with Gasteiger partial charge in [0.25, 0.3) is 5.56 Å². The number of aromatic amines is 1. The first kappa shape index (κ1) is 20.0. The molecule has 0 radical (unpaired) electrons. The van der Waals surface area contributed by atoms with Crippen LogP contribution in [0.1, 0.15) is 26.7 Å². The Kier molecular flexibility index (Phi) is 5.46. The lowest BCUT2D eigenvalue weighted by Gasteiger charge is -2.01. The van der Waals surface area contributed by atoms with Gasteiger partial charge in [-0.25, -0.2) is 9.67 Å². The molecular formula is C23H23N5OS. The molecule has 0 fully saturated rings. The highest BCUT2D eigenvalue weighted by atomic mass is 32.1. The van der Waals surface area contributed by atoms with Crippen molar-refractivity contribution in [2.75, 3.05) is 0 Å². The van der Waals surface area contributed by atoms with Crippen molar-refractivity contribution >= 4 is 22.7 Å². The molecule has 0 unspecified atom stereocenters. The van der Waals surface area contributed by atoms with Gasteiger partial charge in [-0.2, -0.15) is 0 Å². The molecule has 2 aromatic heterocycles. The second-order valence-corrected chi connectivity index (χ2v) is 8.58. The predicted molar refractivity (Wildman–Crippen MR) is 121 cm³/mol. The molecule has 0 aliphatic rings. The van der Waals surface area contributed by atoms with Crippen molar-refractivity contribution in [3.05, 3.63) is 85.6 Å². The Morgan fingerprint density at radius 1 is 0.933 bits per heavy atom. The van der Waals surface area contributed by atoms with E-state index < -0.39 is 0 Å². The van der Waals surface area contributed by atoms with Crippen LogP contribution in [0.3, 0.4) is 0 Å². The van der Waals surface area contributed by atoms with Crippen LogP contribution >= 0.6 is 11.3 Å². The maximum absolute atomic E-state index is 12.9. The van der Waals surface area contributed by atoms with Crippen LogP contribution in [0.15, 0.2) is 63.6 Å². The predicted octanol–water partition coefficient (Wildman–Crippen LogP) is 6.00. The van der Waals surface area contributed by atoms with E-state index in [1.54, 1.807) is 16.0 Å². The van der Waals surface area contributed by atoms with Gasteiger partial charge < -0.3 is 0 Å². The molecule has 0 aliphatic carbocycles. The second kappa shape index (κ2) is 8.20. The summed E-state index contributed by atoms with van der Waals surface area (Å²) in [4.78, 5) is 18.8. The molecule has 4 aromatic rings. The topological polar surface area (TPSA) is 75.4 Å². The van der Waals surface area contributed by atoms with E-state index in [2.05, 4.69) is 22.3 Å². The summed E-state index contributed by atoms with van der Waals surface area (Å²) in [5.41, 5.74) is 5.71. The molecule has 0 saturated carbocycles. The van der Waals surface area contributed by atoms with Crippen molar-refractivity contribution in [2.45, 2.75) is 34.2 Å². The molecule has 0 atom stereocenters. The Morgan fingerprint density at radius 3 is 2.30 bits per heavy atom. The maximum Gasteiger partial charge on any atom is 0.294 e. The first-order valence-corrected chi connectivity index (χ1v) is 10.5. The van der Waals surface area contributed by atoms with E-state index in [1.165, 1.54) is 0 Å². The van der Waals surface area contributed by atoms with Gasteiger partial charge in [0.2, 0.25) is 0 Å². The van der Waals surface area contributed by atoms with Crippen molar-refractivity contribution in [3.63, 3.8) is 0 Å². The molecule has 1 N–H and O–H groups in total. The summed E-state index contributed by atoms with van der Waals surface area (Å²) in [7, 11) is 0. The van der Waals surface area contributed by atoms with Gasteiger partial charge >= 0.3 is 0 Å². The van der Waals surface area contributed by atoms with Crippen molar-refractivity contribution in [1.29, 1.82) is 0 Å². The second-order valence-electron chi connectivity index (χ2n) is 7.30. The molecule has 0 spiro atoms. The van der Waals surface area contributed by atoms with Crippen molar-refractivity contribution in [3.8, 4) is 11.3 Å². The Balaban J connectivity index is 1.62. The molecule has 2 aromatic carbocycles. The Bertz CT molecular complexity index is 1260. The molecule has 4 rings (SSSR count). The minimum atomic E-state index is -0.198. The van der Waals surface area contributed by atoms with Gasteiger partial charge in [0.05, 0.1) is 23.6 Å². The number of hydrogen-bond acceptors (Lipinski definition) is 5. The average Bonchev–Trinajstić information content (AvgIpc) is 3.22. The molecular weight excluding hydrogens is 394 g/mol. The summed E-state index contributed by atoms with van der Waals surface area (Å²) in [6.45, 7) is 8.23. The van der Waals surface area contributed by atoms with Gasteiger partial charge in [-0.1, -0.05) is 48.5 Å². The van der Waals surface area contributed by atoms with Crippen LogP contribution in [0.5, 0.6) is 0 Å². The SMILES string of the molecule is Cc1cccc(C)c1N=Nc1c(C)[nH]n(Cc2nc(-c3ccccc3)c(C)s2)c1=O. The molecule has 2 heterocycles. The highest BCUT2D eigenvalue weighted by molar-refractivity contribution is 7.12. The van der Waals surface area contributed by atoms with E-state index in [0.29, 0.717) is 17.9 Å². The Labute approximate surface area is 179 Å². The van der Waals surface area contributed by atoms with E-state index >= 15 is 0 Å².